The number of likely N-dealkylation sites (N-methyl/N-ethyl adjacent to an activating group) is 1. The van der Waals surface area contributed by atoms with Gasteiger partial charge in [-0.2, -0.15) is 5.10 Å². The zero-order chi connectivity index (χ0) is 19.9. The van der Waals surface area contributed by atoms with Crippen LogP contribution in [0.3, 0.4) is 0 Å². The maximum absolute atomic E-state index is 12.3. The zero-order valence-corrected chi connectivity index (χ0v) is 15.5. The standard InChI is InChI=1S/C20H21N5O3/c1-23(15-16-5-3-2-4-6-16)14-12-21-20(26)19-11-13-24(22-19)17-7-9-18(10-8-17)25(27)28/h2-11,13H,12,14-15H2,1H3,(H,21,26). The molecule has 3 rings (SSSR count). The third-order valence-electron chi connectivity index (χ3n) is 4.22. The number of nitrogens with zero attached hydrogens (tertiary/aromatic N) is 4. The Kier molecular flexibility index (Phi) is 6.13. The molecule has 0 aliphatic carbocycles. The topological polar surface area (TPSA) is 93.3 Å². The summed E-state index contributed by atoms with van der Waals surface area (Å²) >= 11 is 0. The van der Waals surface area contributed by atoms with Gasteiger partial charge in [-0.25, -0.2) is 4.68 Å². The zero-order valence-electron chi connectivity index (χ0n) is 15.5. The molecule has 8 nitrogen and oxygen atoms in total. The molecule has 144 valence electrons. The molecule has 0 saturated carbocycles. The van der Waals surface area contributed by atoms with Crippen LogP contribution in [0.4, 0.5) is 5.69 Å². The number of hydrogen-bond donors (Lipinski definition) is 1. The van der Waals surface area contributed by atoms with Crippen molar-refractivity contribution in [3.63, 3.8) is 0 Å². The van der Waals surface area contributed by atoms with Gasteiger partial charge in [-0.05, 0) is 30.8 Å². The van der Waals surface area contributed by atoms with E-state index in [2.05, 4.69) is 27.4 Å². The van der Waals surface area contributed by atoms with Gasteiger partial charge in [-0.3, -0.25) is 14.9 Å². The smallest absolute Gasteiger partial charge is 0.271 e. The van der Waals surface area contributed by atoms with Crippen molar-refractivity contribution in [1.29, 1.82) is 0 Å². The predicted octanol–water partition coefficient (Wildman–Crippen LogP) is 2.64. The first-order valence-electron chi connectivity index (χ1n) is 8.84. The number of non-ortho nitro benzene ring substituents is 1. The third kappa shape index (κ3) is 5.01. The number of carbonyl (C=O) groups is 1. The molecule has 0 aliphatic rings. The Morgan fingerprint density at radius 1 is 1.14 bits per heavy atom. The van der Waals surface area contributed by atoms with Crippen molar-refractivity contribution in [3.8, 4) is 5.69 Å². The Morgan fingerprint density at radius 3 is 2.54 bits per heavy atom. The number of nitro benzene ring substituents is 1. The van der Waals surface area contributed by atoms with Gasteiger partial charge in [0, 0.05) is 38.0 Å². The van der Waals surface area contributed by atoms with E-state index in [1.54, 1.807) is 24.4 Å². The van der Waals surface area contributed by atoms with Gasteiger partial charge >= 0.3 is 0 Å². The lowest BCUT2D eigenvalue weighted by molar-refractivity contribution is -0.384. The van der Waals surface area contributed by atoms with E-state index < -0.39 is 4.92 Å². The second-order valence-electron chi connectivity index (χ2n) is 6.40. The van der Waals surface area contributed by atoms with Crippen LogP contribution >= 0.6 is 0 Å². The molecular formula is C20H21N5O3. The average molecular weight is 379 g/mol. The maximum atomic E-state index is 12.3. The van der Waals surface area contributed by atoms with E-state index in [4.69, 9.17) is 0 Å². The first-order chi connectivity index (χ1) is 13.5. The summed E-state index contributed by atoms with van der Waals surface area (Å²) in [6.07, 6.45) is 1.65. The lowest BCUT2D eigenvalue weighted by Gasteiger charge is -2.16. The molecule has 2 aromatic carbocycles. The fraction of sp³-hybridized carbons (Fsp3) is 0.200. The highest BCUT2D eigenvalue weighted by Gasteiger charge is 2.11. The van der Waals surface area contributed by atoms with Crippen LogP contribution in [0.25, 0.3) is 5.69 Å². The number of hydrogen-bond acceptors (Lipinski definition) is 5. The molecule has 0 aliphatic heterocycles. The van der Waals surface area contributed by atoms with Crippen molar-refractivity contribution in [2.75, 3.05) is 20.1 Å². The van der Waals surface area contributed by atoms with Gasteiger partial charge < -0.3 is 10.2 Å². The van der Waals surface area contributed by atoms with E-state index in [0.717, 1.165) is 6.54 Å². The molecular weight excluding hydrogens is 358 g/mol. The fourth-order valence-corrected chi connectivity index (χ4v) is 2.74. The highest BCUT2D eigenvalue weighted by Crippen LogP contribution is 2.15. The molecule has 0 saturated heterocycles. The summed E-state index contributed by atoms with van der Waals surface area (Å²) in [6, 6.07) is 17.7. The largest absolute Gasteiger partial charge is 0.349 e. The summed E-state index contributed by atoms with van der Waals surface area (Å²) in [6.45, 7) is 2.03. The molecule has 0 atom stereocenters. The molecule has 1 amide bonds. The van der Waals surface area contributed by atoms with Gasteiger partial charge in [-0.15, -0.1) is 0 Å². The maximum Gasteiger partial charge on any atom is 0.271 e. The summed E-state index contributed by atoms with van der Waals surface area (Å²) in [5.41, 5.74) is 2.17. The van der Waals surface area contributed by atoms with Crippen molar-refractivity contribution in [3.05, 3.63) is 88.2 Å². The molecule has 1 aromatic heterocycles. The van der Waals surface area contributed by atoms with Crippen LogP contribution in [0.5, 0.6) is 0 Å². The minimum Gasteiger partial charge on any atom is -0.349 e. The minimum absolute atomic E-state index is 0.00787. The van der Waals surface area contributed by atoms with E-state index in [1.165, 1.54) is 22.4 Å². The molecule has 0 fully saturated rings. The van der Waals surface area contributed by atoms with Gasteiger partial charge in [0.25, 0.3) is 11.6 Å². The van der Waals surface area contributed by atoms with Crippen LogP contribution in [0.15, 0.2) is 66.9 Å². The molecule has 8 heteroatoms. The number of nitrogens with one attached hydrogen (secondary N) is 1. The molecule has 0 unspecified atom stereocenters. The number of rotatable bonds is 8. The summed E-state index contributed by atoms with van der Waals surface area (Å²) in [7, 11) is 2.00. The number of nitro groups is 1. The lowest BCUT2D eigenvalue weighted by atomic mass is 10.2. The second kappa shape index (κ2) is 8.92. The van der Waals surface area contributed by atoms with E-state index >= 15 is 0 Å². The molecule has 28 heavy (non-hydrogen) atoms. The monoisotopic (exact) mass is 379 g/mol. The predicted molar refractivity (Wildman–Crippen MR) is 105 cm³/mol. The van der Waals surface area contributed by atoms with E-state index in [1.807, 2.05) is 25.2 Å². The summed E-state index contributed by atoms with van der Waals surface area (Å²) in [5.74, 6) is -0.256. The van der Waals surface area contributed by atoms with Crippen LogP contribution in [0, 0.1) is 10.1 Å². The van der Waals surface area contributed by atoms with Crippen molar-refractivity contribution in [1.82, 2.24) is 20.0 Å². The fourth-order valence-electron chi connectivity index (χ4n) is 2.74. The SMILES string of the molecule is CN(CCNC(=O)c1ccn(-c2ccc([N+](=O)[O-])cc2)n1)Cc1ccccc1. The average Bonchev–Trinajstić information content (AvgIpc) is 3.19. The number of aromatic nitrogens is 2. The molecule has 3 aromatic rings. The third-order valence-corrected chi connectivity index (χ3v) is 4.22. The van der Waals surface area contributed by atoms with Crippen LogP contribution in [0.2, 0.25) is 0 Å². The number of benzene rings is 2. The van der Waals surface area contributed by atoms with Crippen LogP contribution in [-0.4, -0.2) is 45.6 Å². The summed E-state index contributed by atoms with van der Waals surface area (Å²) < 4.78 is 1.51. The Labute approximate surface area is 162 Å². The Balaban J connectivity index is 1.50. The molecule has 0 bridgehead atoms. The molecule has 0 radical (unpaired) electrons. The molecule has 0 spiro atoms. The van der Waals surface area contributed by atoms with Crippen molar-refractivity contribution in [2.45, 2.75) is 6.54 Å². The van der Waals surface area contributed by atoms with Gasteiger partial charge in [0.1, 0.15) is 0 Å². The molecule has 1 N–H and O–H groups in total. The lowest BCUT2D eigenvalue weighted by Crippen LogP contribution is -2.33. The van der Waals surface area contributed by atoms with E-state index in [0.29, 0.717) is 24.5 Å². The van der Waals surface area contributed by atoms with Crippen molar-refractivity contribution in [2.24, 2.45) is 0 Å². The van der Waals surface area contributed by atoms with Crippen LogP contribution in [0.1, 0.15) is 16.1 Å². The quantitative estimate of drug-likeness (QED) is 0.480. The van der Waals surface area contributed by atoms with Gasteiger partial charge in [-0.1, -0.05) is 30.3 Å². The molecule has 1 heterocycles. The van der Waals surface area contributed by atoms with Crippen LogP contribution in [-0.2, 0) is 6.54 Å². The Hall–Kier alpha value is -3.52. The van der Waals surface area contributed by atoms with Gasteiger partial charge in [0.15, 0.2) is 5.69 Å². The van der Waals surface area contributed by atoms with E-state index in [-0.39, 0.29) is 11.6 Å². The highest BCUT2D eigenvalue weighted by atomic mass is 16.6. The first kappa shape index (κ1) is 19.2. The van der Waals surface area contributed by atoms with Crippen molar-refractivity contribution >= 4 is 11.6 Å². The number of carbonyl (C=O) groups excluding carboxylic acids is 1. The highest BCUT2D eigenvalue weighted by molar-refractivity contribution is 5.92. The van der Waals surface area contributed by atoms with E-state index in [9.17, 15) is 14.9 Å². The van der Waals surface area contributed by atoms with Gasteiger partial charge in [0.2, 0.25) is 0 Å². The summed E-state index contributed by atoms with van der Waals surface area (Å²) in [4.78, 5) is 24.7. The first-order valence-corrected chi connectivity index (χ1v) is 8.84. The number of amides is 1. The summed E-state index contributed by atoms with van der Waals surface area (Å²) in [5, 5.41) is 17.8. The van der Waals surface area contributed by atoms with Gasteiger partial charge in [0.05, 0.1) is 10.6 Å². The Morgan fingerprint density at radius 2 is 1.86 bits per heavy atom. The van der Waals surface area contributed by atoms with Crippen molar-refractivity contribution < 1.29 is 9.72 Å². The Bertz CT molecular complexity index is 938. The van der Waals surface area contributed by atoms with Crippen LogP contribution < -0.4 is 5.32 Å². The minimum atomic E-state index is -0.458. The normalized spacial score (nSPS) is 10.8. The second-order valence-corrected chi connectivity index (χ2v) is 6.40.